The number of rotatable bonds is 6. The highest BCUT2D eigenvalue weighted by molar-refractivity contribution is 7.15. The second-order valence-electron chi connectivity index (χ2n) is 3.85. The van der Waals surface area contributed by atoms with Gasteiger partial charge in [0.15, 0.2) is 5.01 Å². The van der Waals surface area contributed by atoms with E-state index in [0.717, 1.165) is 6.54 Å². The molecule has 0 aliphatic carbocycles. The van der Waals surface area contributed by atoms with Gasteiger partial charge in [-0.15, -0.1) is 10.2 Å². The zero-order valence-electron chi connectivity index (χ0n) is 11.0. The predicted molar refractivity (Wildman–Crippen MR) is 74.0 cm³/mol. The van der Waals surface area contributed by atoms with Gasteiger partial charge in [0.05, 0.1) is 0 Å². The molecule has 0 saturated carbocycles. The average molecular weight is 295 g/mol. The van der Waals surface area contributed by atoms with Gasteiger partial charge in [-0.3, -0.25) is 0 Å². The fourth-order valence-corrected chi connectivity index (χ4v) is 2.17. The summed E-state index contributed by atoms with van der Waals surface area (Å²) in [5, 5.41) is 23.1. The van der Waals surface area contributed by atoms with Crippen molar-refractivity contribution in [2.75, 3.05) is 11.9 Å². The standard InChI is InChI=1S/C11H13N5O3S/c1-3-12-11-15-14-9(20-11)6-19-8-5-4-7(2)13-10(8)16(17)18/h4-5H,3,6H2,1-2H3,(H,12,15). The van der Waals surface area contributed by atoms with Crippen LogP contribution in [-0.4, -0.2) is 26.6 Å². The molecular weight excluding hydrogens is 282 g/mol. The normalized spacial score (nSPS) is 10.3. The molecule has 9 heteroatoms. The summed E-state index contributed by atoms with van der Waals surface area (Å²) in [6.07, 6.45) is 0. The van der Waals surface area contributed by atoms with Crippen LogP contribution in [0.25, 0.3) is 0 Å². The first-order valence-electron chi connectivity index (χ1n) is 5.91. The van der Waals surface area contributed by atoms with E-state index in [9.17, 15) is 10.1 Å². The van der Waals surface area contributed by atoms with Crippen LogP contribution in [0.5, 0.6) is 5.75 Å². The molecule has 0 fully saturated rings. The molecule has 0 atom stereocenters. The molecule has 2 aromatic heterocycles. The van der Waals surface area contributed by atoms with Gasteiger partial charge >= 0.3 is 5.82 Å². The lowest BCUT2D eigenvalue weighted by atomic mass is 10.3. The van der Waals surface area contributed by atoms with E-state index in [-0.39, 0.29) is 18.2 Å². The van der Waals surface area contributed by atoms with Crippen LogP contribution in [-0.2, 0) is 6.61 Å². The van der Waals surface area contributed by atoms with Crippen molar-refractivity contribution in [3.63, 3.8) is 0 Å². The summed E-state index contributed by atoms with van der Waals surface area (Å²) in [5.74, 6) is -0.165. The molecule has 8 nitrogen and oxygen atoms in total. The van der Waals surface area contributed by atoms with E-state index in [1.54, 1.807) is 13.0 Å². The lowest BCUT2D eigenvalue weighted by Crippen LogP contribution is -2.01. The Morgan fingerprint density at radius 3 is 2.95 bits per heavy atom. The summed E-state index contributed by atoms with van der Waals surface area (Å²) in [6, 6.07) is 3.19. The number of hydrogen-bond acceptors (Lipinski definition) is 8. The maximum atomic E-state index is 10.9. The summed E-state index contributed by atoms with van der Waals surface area (Å²) in [5.41, 5.74) is 0.564. The second kappa shape index (κ2) is 6.24. The van der Waals surface area contributed by atoms with Crippen LogP contribution in [0.4, 0.5) is 10.9 Å². The SMILES string of the molecule is CCNc1nnc(COc2ccc(C)nc2[N+](=O)[O-])s1. The number of anilines is 1. The molecule has 2 heterocycles. The van der Waals surface area contributed by atoms with Gasteiger partial charge in [-0.05, 0) is 29.0 Å². The molecule has 0 aromatic carbocycles. The zero-order valence-corrected chi connectivity index (χ0v) is 11.8. The molecule has 1 N–H and O–H groups in total. The molecule has 0 aliphatic rings. The number of nitro groups is 1. The number of ether oxygens (including phenoxy) is 1. The quantitative estimate of drug-likeness (QED) is 0.643. The summed E-state index contributed by atoms with van der Waals surface area (Å²) < 4.78 is 5.41. The van der Waals surface area contributed by atoms with Crippen molar-refractivity contribution in [3.8, 4) is 5.75 Å². The van der Waals surface area contributed by atoms with E-state index in [2.05, 4.69) is 20.5 Å². The van der Waals surface area contributed by atoms with E-state index in [0.29, 0.717) is 15.8 Å². The maximum Gasteiger partial charge on any atom is 0.406 e. The molecule has 0 saturated heterocycles. The van der Waals surface area contributed by atoms with E-state index in [1.165, 1.54) is 17.4 Å². The largest absolute Gasteiger partial charge is 0.478 e. The Bertz CT molecular complexity index is 616. The Kier molecular flexibility index (Phi) is 4.41. The van der Waals surface area contributed by atoms with Crippen LogP contribution in [0.3, 0.4) is 0 Å². The molecule has 0 bridgehead atoms. The maximum absolute atomic E-state index is 10.9. The molecule has 0 aliphatic heterocycles. The first-order valence-corrected chi connectivity index (χ1v) is 6.73. The van der Waals surface area contributed by atoms with Gasteiger partial charge in [0.1, 0.15) is 12.3 Å². The average Bonchev–Trinajstić information content (AvgIpc) is 2.85. The monoisotopic (exact) mass is 295 g/mol. The van der Waals surface area contributed by atoms with Gasteiger partial charge in [0, 0.05) is 13.5 Å². The number of nitrogens with zero attached hydrogens (tertiary/aromatic N) is 4. The molecule has 106 valence electrons. The van der Waals surface area contributed by atoms with Gasteiger partial charge in [0.25, 0.3) is 0 Å². The van der Waals surface area contributed by atoms with Crippen molar-refractivity contribution in [2.24, 2.45) is 0 Å². The molecule has 0 amide bonds. The molecule has 20 heavy (non-hydrogen) atoms. The highest BCUT2D eigenvalue weighted by atomic mass is 32.1. The van der Waals surface area contributed by atoms with Crippen molar-refractivity contribution >= 4 is 22.3 Å². The Hall–Kier alpha value is -2.29. The molecule has 2 rings (SSSR count). The van der Waals surface area contributed by atoms with Gasteiger partial charge in [-0.2, -0.15) is 0 Å². The van der Waals surface area contributed by atoms with Crippen molar-refractivity contribution in [3.05, 3.63) is 32.9 Å². The topological polar surface area (TPSA) is 103 Å². The van der Waals surface area contributed by atoms with Gasteiger partial charge in [-0.25, -0.2) is 0 Å². The molecule has 0 unspecified atom stereocenters. The van der Waals surface area contributed by atoms with Crippen LogP contribution in [0.15, 0.2) is 12.1 Å². The number of hydrogen-bond donors (Lipinski definition) is 1. The Labute approximate surface area is 119 Å². The smallest absolute Gasteiger partial charge is 0.406 e. The molecule has 0 radical (unpaired) electrons. The third-order valence-electron chi connectivity index (χ3n) is 2.30. The first-order chi connectivity index (χ1) is 9.60. The summed E-state index contributed by atoms with van der Waals surface area (Å²) in [7, 11) is 0. The van der Waals surface area contributed by atoms with Crippen molar-refractivity contribution in [1.29, 1.82) is 0 Å². The van der Waals surface area contributed by atoms with Gasteiger partial charge in [-0.1, -0.05) is 11.3 Å². The minimum absolute atomic E-state index is 0.120. The van der Waals surface area contributed by atoms with Crippen molar-refractivity contribution in [2.45, 2.75) is 20.5 Å². The Balaban J connectivity index is 2.08. The van der Waals surface area contributed by atoms with Gasteiger partial charge in [0.2, 0.25) is 10.9 Å². The minimum Gasteiger partial charge on any atom is -0.478 e. The number of aromatic nitrogens is 3. The van der Waals surface area contributed by atoms with Crippen LogP contribution >= 0.6 is 11.3 Å². The van der Waals surface area contributed by atoms with E-state index in [4.69, 9.17) is 4.74 Å². The first kappa shape index (κ1) is 14.1. The fraction of sp³-hybridized carbons (Fsp3) is 0.364. The summed E-state index contributed by atoms with van der Waals surface area (Å²) >= 11 is 1.35. The van der Waals surface area contributed by atoms with E-state index in [1.807, 2.05) is 6.92 Å². The van der Waals surface area contributed by atoms with Crippen molar-refractivity contribution in [1.82, 2.24) is 15.2 Å². The number of pyridine rings is 1. The van der Waals surface area contributed by atoms with E-state index >= 15 is 0 Å². The Morgan fingerprint density at radius 2 is 2.25 bits per heavy atom. The lowest BCUT2D eigenvalue weighted by Gasteiger charge is -2.04. The summed E-state index contributed by atoms with van der Waals surface area (Å²) in [6.45, 7) is 4.51. The van der Waals surface area contributed by atoms with Crippen LogP contribution in [0.1, 0.15) is 17.6 Å². The number of aryl methyl sites for hydroxylation is 1. The van der Waals surface area contributed by atoms with Crippen LogP contribution < -0.4 is 10.1 Å². The van der Waals surface area contributed by atoms with Crippen LogP contribution in [0.2, 0.25) is 0 Å². The fourth-order valence-electron chi connectivity index (χ4n) is 1.45. The van der Waals surface area contributed by atoms with Crippen LogP contribution in [0, 0.1) is 17.0 Å². The Morgan fingerprint density at radius 1 is 1.45 bits per heavy atom. The highest BCUT2D eigenvalue weighted by Gasteiger charge is 2.18. The third-order valence-corrected chi connectivity index (χ3v) is 3.15. The summed E-state index contributed by atoms with van der Waals surface area (Å²) in [4.78, 5) is 14.2. The highest BCUT2D eigenvalue weighted by Crippen LogP contribution is 2.26. The number of nitrogens with one attached hydrogen (secondary N) is 1. The second-order valence-corrected chi connectivity index (χ2v) is 4.91. The van der Waals surface area contributed by atoms with E-state index < -0.39 is 4.92 Å². The molecular formula is C11H13N5O3S. The molecule has 2 aromatic rings. The van der Waals surface area contributed by atoms with Gasteiger partial charge < -0.3 is 20.2 Å². The zero-order chi connectivity index (χ0) is 14.5. The third kappa shape index (κ3) is 3.38. The lowest BCUT2D eigenvalue weighted by molar-refractivity contribution is -0.390. The van der Waals surface area contributed by atoms with Crippen molar-refractivity contribution < 1.29 is 9.66 Å². The minimum atomic E-state index is -0.563. The predicted octanol–water partition coefficient (Wildman–Crippen LogP) is 2.16. The molecule has 0 spiro atoms.